The topological polar surface area (TPSA) is 27.0 Å². The number of nitriles is 1. The number of hydrogen-bond donors (Lipinski definition) is 0. The maximum absolute atomic E-state index is 8.94. The Morgan fingerprint density at radius 1 is 1.12 bits per heavy atom. The van der Waals surface area contributed by atoms with Crippen molar-refractivity contribution in [2.75, 3.05) is 13.1 Å². The molecule has 2 heteroatoms. The van der Waals surface area contributed by atoms with Gasteiger partial charge in [0.15, 0.2) is 0 Å². The summed E-state index contributed by atoms with van der Waals surface area (Å²) in [6.45, 7) is 4.55. The Labute approximate surface area is 101 Å². The number of unbranched alkanes of at least 4 members (excludes halogenated alkanes) is 6. The van der Waals surface area contributed by atoms with E-state index in [1.165, 1.54) is 51.4 Å². The molecular weight excluding hydrogens is 196 g/mol. The third-order valence-corrected chi connectivity index (χ3v) is 3.56. The molecule has 1 unspecified atom stereocenters. The molecule has 92 valence electrons. The normalized spacial score (nSPS) is 21.1. The van der Waals surface area contributed by atoms with Crippen molar-refractivity contribution >= 4 is 0 Å². The molecule has 0 saturated carbocycles. The van der Waals surface area contributed by atoms with E-state index in [2.05, 4.69) is 17.9 Å². The van der Waals surface area contributed by atoms with Crippen LogP contribution >= 0.6 is 0 Å². The minimum atomic E-state index is 0.222. The molecule has 0 aromatic carbocycles. The minimum Gasteiger partial charge on any atom is -0.288 e. The summed E-state index contributed by atoms with van der Waals surface area (Å²) in [7, 11) is 0. The second-order valence-electron chi connectivity index (χ2n) is 4.94. The molecule has 16 heavy (non-hydrogen) atoms. The van der Waals surface area contributed by atoms with Gasteiger partial charge >= 0.3 is 0 Å². The first-order valence-electron chi connectivity index (χ1n) is 7.02. The second kappa shape index (κ2) is 8.58. The molecule has 1 heterocycles. The minimum absolute atomic E-state index is 0.222. The van der Waals surface area contributed by atoms with Crippen molar-refractivity contribution in [3.8, 4) is 6.07 Å². The van der Waals surface area contributed by atoms with E-state index < -0.39 is 0 Å². The van der Waals surface area contributed by atoms with Crippen molar-refractivity contribution in [3.63, 3.8) is 0 Å². The smallest absolute Gasteiger partial charge is 0.0978 e. The number of rotatable bonds is 8. The van der Waals surface area contributed by atoms with Crippen LogP contribution in [-0.4, -0.2) is 24.0 Å². The molecule has 0 N–H and O–H groups in total. The van der Waals surface area contributed by atoms with E-state index in [1.807, 2.05) is 0 Å². The standard InChI is InChI=1S/C14H26N2/c1-2-3-4-5-6-7-8-11-16-12-9-10-14(16)13-15/h14H,2-12H2,1H3. The fraction of sp³-hybridized carbons (Fsp3) is 0.929. The summed E-state index contributed by atoms with van der Waals surface area (Å²) in [5.41, 5.74) is 0. The molecule has 1 aliphatic rings. The van der Waals surface area contributed by atoms with Gasteiger partial charge in [-0.15, -0.1) is 0 Å². The van der Waals surface area contributed by atoms with E-state index in [0.29, 0.717) is 0 Å². The Hall–Kier alpha value is -0.550. The summed E-state index contributed by atoms with van der Waals surface area (Å²) in [6, 6.07) is 2.63. The monoisotopic (exact) mass is 222 g/mol. The van der Waals surface area contributed by atoms with Crippen LogP contribution < -0.4 is 0 Å². The summed E-state index contributed by atoms with van der Waals surface area (Å²) >= 11 is 0. The lowest BCUT2D eigenvalue weighted by atomic mass is 10.1. The molecule has 1 saturated heterocycles. The molecule has 0 aromatic rings. The molecule has 1 aliphatic heterocycles. The van der Waals surface area contributed by atoms with Crippen LogP contribution in [0.1, 0.15) is 64.7 Å². The zero-order chi connectivity index (χ0) is 11.6. The number of likely N-dealkylation sites (tertiary alicyclic amines) is 1. The Morgan fingerprint density at radius 2 is 1.81 bits per heavy atom. The molecule has 0 amide bonds. The largest absolute Gasteiger partial charge is 0.288 e. The van der Waals surface area contributed by atoms with Crippen LogP contribution in [0.25, 0.3) is 0 Å². The highest BCUT2D eigenvalue weighted by atomic mass is 15.2. The summed E-state index contributed by atoms with van der Waals surface area (Å²) < 4.78 is 0. The fourth-order valence-electron chi connectivity index (χ4n) is 2.51. The van der Waals surface area contributed by atoms with Gasteiger partial charge in [-0.05, 0) is 32.4 Å². The van der Waals surface area contributed by atoms with E-state index in [4.69, 9.17) is 5.26 Å². The third kappa shape index (κ3) is 4.99. The molecule has 1 fully saturated rings. The molecular formula is C14H26N2. The van der Waals surface area contributed by atoms with E-state index in [-0.39, 0.29) is 6.04 Å². The van der Waals surface area contributed by atoms with Gasteiger partial charge in [-0.1, -0.05) is 45.4 Å². The van der Waals surface area contributed by atoms with E-state index in [9.17, 15) is 0 Å². The number of hydrogen-bond acceptors (Lipinski definition) is 2. The lowest BCUT2D eigenvalue weighted by Crippen LogP contribution is -2.28. The Morgan fingerprint density at radius 3 is 2.50 bits per heavy atom. The van der Waals surface area contributed by atoms with Gasteiger partial charge in [0.1, 0.15) is 0 Å². The molecule has 0 bridgehead atoms. The molecule has 0 aliphatic carbocycles. The van der Waals surface area contributed by atoms with Crippen molar-refractivity contribution in [2.45, 2.75) is 70.8 Å². The maximum Gasteiger partial charge on any atom is 0.0978 e. The second-order valence-corrected chi connectivity index (χ2v) is 4.94. The lowest BCUT2D eigenvalue weighted by molar-refractivity contribution is 0.286. The van der Waals surface area contributed by atoms with Crippen LogP contribution in [0.2, 0.25) is 0 Å². The van der Waals surface area contributed by atoms with Crippen molar-refractivity contribution < 1.29 is 0 Å². The van der Waals surface area contributed by atoms with Gasteiger partial charge in [0.25, 0.3) is 0 Å². The van der Waals surface area contributed by atoms with Gasteiger partial charge in [0, 0.05) is 0 Å². The highest BCUT2D eigenvalue weighted by molar-refractivity contribution is 4.95. The van der Waals surface area contributed by atoms with Crippen LogP contribution in [-0.2, 0) is 0 Å². The van der Waals surface area contributed by atoms with Gasteiger partial charge in [0.2, 0.25) is 0 Å². The first-order valence-corrected chi connectivity index (χ1v) is 7.02. The van der Waals surface area contributed by atoms with E-state index in [0.717, 1.165) is 19.5 Å². The van der Waals surface area contributed by atoms with Crippen molar-refractivity contribution in [1.29, 1.82) is 5.26 Å². The average Bonchev–Trinajstić information content (AvgIpc) is 2.75. The average molecular weight is 222 g/mol. The molecule has 0 spiro atoms. The summed E-state index contributed by atoms with van der Waals surface area (Å²) in [6.07, 6.45) is 11.8. The molecule has 0 radical (unpaired) electrons. The van der Waals surface area contributed by atoms with Gasteiger partial charge in [-0.25, -0.2) is 0 Å². The Bertz CT molecular complexity index is 207. The highest BCUT2D eigenvalue weighted by Crippen LogP contribution is 2.17. The number of nitrogens with zero attached hydrogens (tertiary/aromatic N) is 2. The highest BCUT2D eigenvalue weighted by Gasteiger charge is 2.22. The van der Waals surface area contributed by atoms with E-state index >= 15 is 0 Å². The zero-order valence-corrected chi connectivity index (χ0v) is 10.7. The Balaban J connectivity index is 1.93. The van der Waals surface area contributed by atoms with Crippen LogP contribution in [0.15, 0.2) is 0 Å². The van der Waals surface area contributed by atoms with Crippen LogP contribution in [0.3, 0.4) is 0 Å². The summed E-state index contributed by atoms with van der Waals surface area (Å²) in [4.78, 5) is 2.37. The van der Waals surface area contributed by atoms with Gasteiger partial charge in [-0.2, -0.15) is 5.26 Å². The van der Waals surface area contributed by atoms with Crippen molar-refractivity contribution in [1.82, 2.24) is 4.90 Å². The first-order chi connectivity index (χ1) is 7.88. The van der Waals surface area contributed by atoms with Crippen LogP contribution in [0, 0.1) is 11.3 Å². The van der Waals surface area contributed by atoms with Crippen LogP contribution in [0.4, 0.5) is 0 Å². The van der Waals surface area contributed by atoms with Gasteiger partial charge in [-0.3, -0.25) is 4.90 Å². The van der Waals surface area contributed by atoms with Crippen molar-refractivity contribution in [3.05, 3.63) is 0 Å². The molecule has 0 aromatic heterocycles. The zero-order valence-electron chi connectivity index (χ0n) is 10.7. The molecule has 2 nitrogen and oxygen atoms in total. The summed E-state index contributed by atoms with van der Waals surface area (Å²) in [5.74, 6) is 0. The SMILES string of the molecule is CCCCCCCCCN1CCCC1C#N. The predicted molar refractivity (Wildman–Crippen MR) is 68.2 cm³/mol. The maximum atomic E-state index is 8.94. The molecule has 1 atom stereocenters. The molecule has 1 rings (SSSR count). The summed E-state index contributed by atoms with van der Waals surface area (Å²) in [5, 5.41) is 8.94. The first kappa shape index (κ1) is 13.5. The lowest BCUT2D eigenvalue weighted by Gasteiger charge is -2.18. The fourth-order valence-corrected chi connectivity index (χ4v) is 2.51. The van der Waals surface area contributed by atoms with Crippen LogP contribution in [0.5, 0.6) is 0 Å². The predicted octanol–water partition coefficient (Wildman–Crippen LogP) is 3.72. The third-order valence-electron chi connectivity index (χ3n) is 3.56. The van der Waals surface area contributed by atoms with E-state index in [1.54, 1.807) is 0 Å². The Kier molecular flexibility index (Phi) is 7.25. The quantitative estimate of drug-likeness (QED) is 0.585. The van der Waals surface area contributed by atoms with Crippen molar-refractivity contribution in [2.24, 2.45) is 0 Å². The van der Waals surface area contributed by atoms with Gasteiger partial charge < -0.3 is 0 Å². The van der Waals surface area contributed by atoms with Gasteiger partial charge in [0.05, 0.1) is 12.1 Å².